The van der Waals surface area contributed by atoms with Crippen molar-refractivity contribution >= 4 is 17.5 Å². The van der Waals surface area contributed by atoms with Gasteiger partial charge in [-0.3, -0.25) is 9.48 Å². The van der Waals surface area contributed by atoms with Gasteiger partial charge < -0.3 is 9.64 Å². The highest BCUT2D eigenvalue weighted by molar-refractivity contribution is 6.32. The molecule has 164 valence electrons. The number of hydrogen-bond acceptors (Lipinski definition) is 3. The fraction of sp³-hybridized carbons (Fsp3) is 0.500. The van der Waals surface area contributed by atoms with Crippen LogP contribution in [0.3, 0.4) is 0 Å². The summed E-state index contributed by atoms with van der Waals surface area (Å²) in [5.74, 6) is -7.94. The first kappa shape index (κ1) is 22.4. The molecule has 1 heterocycles. The van der Waals surface area contributed by atoms with Gasteiger partial charge in [0.15, 0.2) is 17.4 Å². The van der Waals surface area contributed by atoms with E-state index in [0.29, 0.717) is 29.3 Å². The van der Waals surface area contributed by atoms with Crippen molar-refractivity contribution in [1.82, 2.24) is 14.7 Å². The average Bonchev–Trinajstić information content (AvgIpc) is 3.30. The maximum Gasteiger partial charge on any atom is 0.228 e. The predicted octanol–water partition coefficient (Wildman–Crippen LogP) is 4.46. The minimum absolute atomic E-state index is 0.191. The number of carbonyl (C=O) groups is 1. The Labute approximate surface area is 176 Å². The topological polar surface area (TPSA) is 47.4 Å². The fourth-order valence-electron chi connectivity index (χ4n) is 3.55. The van der Waals surface area contributed by atoms with Crippen LogP contribution in [0.4, 0.5) is 17.6 Å². The maximum atomic E-state index is 14.5. The molecular weight excluding hydrogens is 426 g/mol. The SMILES string of the molecule is Cc1nn(C)c(CC(=O)N(C)Cc2c(F)c(F)c(OC3CCCC3)c(F)c2F)c1Cl. The maximum absolute atomic E-state index is 14.5. The largest absolute Gasteiger partial charge is 0.484 e. The van der Waals surface area contributed by atoms with Gasteiger partial charge in [-0.1, -0.05) is 11.6 Å². The Morgan fingerprint density at radius 3 is 2.23 bits per heavy atom. The number of nitrogens with zero attached hydrogens (tertiary/aromatic N) is 3. The first-order valence-corrected chi connectivity index (χ1v) is 9.93. The first-order chi connectivity index (χ1) is 14.1. The third-order valence-corrected chi connectivity index (χ3v) is 5.79. The Balaban J connectivity index is 1.80. The molecule has 30 heavy (non-hydrogen) atoms. The summed E-state index contributed by atoms with van der Waals surface area (Å²) in [5, 5.41) is 4.40. The van der Waals surface area contributed by atoms with E-state index in [-0.39, 0.29) is 6.42 Å². The van der Waals surface area contributed by atoms with E-state index in [9.17, 15) is 22.4 Å². The number of carbonyl (C=O) groups excluding carboxylic acids is 1. The highest BCUT2D eigenvalue weighted by Gasteiger charge is 2.30. The molecule has 10 heteroatoms. The number of likely N-dealkylation sites (N-methyl/N-ethyl adjacent to an activating group) is 1. The molecule has 3 rings (SSSR count). The molecule has 2 aromatic rings. The average molecular weight is 448 g/mol. The summed E-state index contributed by atoms with van der Waals surface area (Å²) < 4.78 is 64.5. The number of rotatable bonds is 6. The Kier molecular flexibility index (Phi) is 6.59. The van der Waals surface area contributed by atoms with Crippen LogP contribution in [-0.2, 0) is 24.8 Å². The number of hydrogen-bond donors (Lipinski definition) is 0. The van der Waals surface area contributed by atoms with Gasteiger partial charge in [0.25, 0.3) is 0 Å². The van der Waals surface area contributed by atoms with Gasteiger partial charge in [0.05, 0.1) is 35.5 Å². The molecule has 5 nitrogen and oxygen atoms in total. The molecule has 1 aliphatic rings. The van der Waals surface area contributed by atoms with E-state index in [0.717, 1.165) is 17.7 Å². The van der Waals surface area contributed by atoms with E-state index < -0.39 is 53.1 Å². The molecule has 1 amide bonds. The van der Waals surface area contributed by atoms with Gasteiger partial charge in [0.1, 0.15) is 0 Å². The lowest BCUT2D eigenvalue weighted by Gasteiger charge is -2.20. The van der Waals surface area contributed by atoms with Crippen LogP contribution >= 0.6 is 11.6 Å². The van der Waals surface area contributed by atoms with Gasteiger partial charge in [-0.15, -0.1) is 0 Å². The molecule has 0 saturated heterocycles. The second kappa shape index (κ2) is 8.83. The van der Waals surface area contributed by atoms with Crippen molar-refractivity contribution in [2.45, 2.75) is 51.7 Å². The van der Waals surface area contributed by atoms with E-state index in [4.69, 9.17) is 16.3 Å². The van der Waals surface area contributed by atoms with Crippen LogP contribution in [0.1, 0.15) is 42.6 Å². The third kappa shape index (κ3) is 4.26. The summed E-state index contributed by atoms with van der Waals surface area (Å²) in [4.78, 5) is 13.5. The number of amides is 1. The molecule has 0 aliphatic heterocycles. The minimum atomic E-state index is -1.60. The fourth-order valence-corrected chi connectivity index (χ4v) is 3.77. The summed E-state index contributed by atoms with van der Waals surface area (Å²) >= 11 is 6.12. The van der Waals surface area contributed by atoms with Gasteiger partial charge in [-0.05, 0) is 32.6 Å². The van der Waals surface area contributed by atoms with Gasteiger partial charge in [-0.25, -0.2) is 8.78 Å². The molecule has 1 aromatic heterocycles. The smallest absolute Gasteiger partial charge is 0.228 e. The second-order valence-electron chi connectivity index (χ2n) is 7.48. The normalized spacial score (nSPS) is 14.4. The van der Waals surface area contributed by atoms with E-state index in [1.54, 1.807) is 14.0 Å². The van der Waals surface area contributed by atoms with Crippen LogP contribution in [0.5, 0.6) is 5.75 Å². The lowest BCUT2D eigenvalue weighted by Crippen LogP contribution is -2.30. The van der Waals surface area contributed by atoms with E-state index in [1.165, 1.54) is 11.7 Å². The quantitative estimate of drug-likeness (QED) is 0.485. The Hall–Kier alpha value is -2.29. The van der Waals surface area contributed by atoms with Crippen LogP contribution < -0.4 is 4.74 Å². The van der Waals surface area contributed by atoms with Gasteiger partial charge >= 0.3 is 0 Å². The molecule has 0 N–H and O–H groups in total. The minimum Gasteiger partial charge on any atom is -0.484 e. The number of halogens is 5. The molecule has 0 atom stereocenters. The Morgan fingerprint density at radius 1 is 1.17 bits per heavy atom. The van der Waals surface area contributed by atoms with Crippen molar-refractivity contribution < 1.29 is 27.1 Å². The molecular formula is C20H22ClF4N3O2. The molecule has 1 saturated carbocycles. The first-order valence-electron chi connectivity index (χ1n) is 9.55. The van der Waals surface area contributed by atoms with Gasteiger partial charge in [-0.2, -0.15) is 13.9 Å². The standard InChI is InChI=1S/C20H22ClF4N3O2/c1-10-15(21)13(28(3)26-10)8-14(29)27(2)9-12-16(22)18(24)20(19(25)17(12)23)30-11-6-4-5-7-11/h11H,4-9H2,1-3H3. The zero-order chi connectivity index (χ0) is 22.2. The van der Waals surface area contributed by atoms with Gasteiger partial charge in [0, 0.05) is 19.7 Å². The monoisotopic (exact) mass is 447 g/mol. The Morgan fingerprint density at radius 2 is 1.73 bits per heavy atom. The number of aryl methyl sites for hydroxylation is 2. The van der Waals surface area contributed by atoms with Crippen LogP contribution in [0.2, 0.25) is 5.02 Å². The highest BCUT2D eigenvalue weighted by atomic mass is 35.5. The zero-order valence-corrected chi connectivity index (χ0v) is 17.6. The van der Waals surface area contributed by atoms with E-state index in [2.05, 4.69) is 5.10 Å². The summed E-state index contributed by atoms with van der Waals surface area (Å²) in [6.45, 7) is 1.01. The second-order valence-corrected chi connectivity index (χ2v) is 7.86. The highest BCUT2D eigenvalue weighted by Crippen LogP contribution is 2.34. The van der Waals surface area contributed by atoms with Crippen molar-refractivity contribution in [2.24, 2.45) is 7.05 Å². The number of benzene rings is 1. The number of aromatic nitrogens is 2. The van der Waals surface area contributed by atoms with Crippen molar-refractivity contribution in [3.63, 3.8) is 0 Å². The molecule has 0 bridgehead atoms. The van der Waals surface area contributed by atoms with Crippen molar-refractivity contribution in [2.75, 3.05) is 7.05 Å². The lowest BCUT2D eigenvalue weighted by molar-refractivity contribution is -0.129. The van der Waals surface area contributed by atoms with Crippen LogP contribution in [0, 0.1) is 30.2 Å². The van der Waals surface area contributed by atoms with Crippen LogP contribution in [0.25, 0.3) is 0 Å². The molecule has 0 unspecified atom stereocenters. The molecule has 1 fully saturated rings. The zero-order valence-electron chi connectivity index (χ0n) is 16.9. The lowest BCUT2D eigenvalue weighted by atomic mass is 10.1. The van der Waals surface area contributed by atoms with Crippen LogP contribution in [-0.4, -0.2) is 33.7 Å². The Bertz CT molecular complexity index is 945. The third-order valence-electron chi connectivity index (χ3n) is 5.30. The van der Waals surface area contributed by atoms with E-state index in [1.807, 2.05) is 0 Å². The summed E-state index contributed by atoms with van der Waals surface area (Å²) in [5.41, 5.74) is 0.0697. The van der Waals surface area contributed by atoms with Crippen molar-refractivity contribution in [3.8, 4) is 5.75 Å². The van der Waals surface area contributed by atoms with Crippen molar-refractivity contribution in [1.29, 1.82) is 0 Å². The summed E-state index contributed by atoms with van der Waals surface area (Å²) in [6.07, 6.45) is 2.11. The van der Waals surface area contributed by atoms with E-state index >= 15 is 0 Å². The summed E-state index contributed by atoms with van der Waals surface area (Å²) in [6, 6.07) is 0. The molecule has 0 radical (unpaired) electrons. The summed E-state index contributed by atoms with van der Waals surface area (Å²) in [7, 11) is 2.88. The molecule has 1 aliphatic carbocycles. The van der Waals surface area contributed by atoms with Crippen molar-refractivity contribution in [3.05, 3.63) is 45.2 Å². The number of ether oxygens (including phenoxy) is 1. The van der Waals surface area contributed by atoms with Crippen LogP contribution in [0.15, 0.2) is 0 Å². The van der Waals surface area contributed by atoms with Gasteiger partial charge in [0.2, 0.25) is 17.5 Å². The molecule has 0 spiro atoms. The predicted molar refractivity (Wildman–Crippen MR) is 102 cm³/mol. The molecule has 1 aromatic carbocycles.